The number of ether oxygens (including phenoxy) is 1. The number of amides is 1. The fraction of sp³-hybridized carbons (Fsp3) is 0.611. The highest BCUT2D eigenvalue weighted by Crippen LogP contribution is 2.31. The van der Waals surface area contributed by atoms with Gasteiger partial charge in [-0.05, 0) is 49.3 Å². The lowest BCUT2D eigenvalue weighted by Gasteiger charge is -2.21. The molecule has 120 valence electrons. The number of hydrogen-bond donors (Lipinski definition) is 0. The van der Waals surface area contributed by atoms with Crippen LogP contribution in [0.15, 0.2) is 18.2 Å². The van der Waals surface area contributed by atoms with E-state index in [2.05, 4.69) is 41.1 Å². The predicted molar refractivity (Wildman–Crippen MR) is 92.8 cm³/mol. The van der Waals surface area contributed by atoms with Crippen LogP contribution in [0.25, 0.3) is 0 Å². The second-order valence-corrected chi connectivity index (χ2v) is 7.59. The number of hydrogen-bond acceptors (Lipinski definition) is 2. The van der Waals surface area contributed by atoms with E-state index in [0.29, 0.717) is 4.83 Å². The van der Waals surface area contributed by atoms with Gasteiger partial charge in [0.1, 0.15) is 6.10 Å². The fourth-order valence-electron chi connectivity index (χ4n) is 3.43. The number of fused-ring (bicyclic) bond motifs is 1. The van der Waals surface area contributed by atoms with Gasteiger partial charge >= 0.3 is 0 Å². The van der Waals surface area contributed by atoms with E-state index in [1.807, 2.05) is 4.90 Å². The Morgan fingerprint density at radius 1 is 1.50 bits per heavy atom. The minimum atomic E-state index is -0.220. The first-order chi connectivity index (χ1) is 10.7. The number of halogens is 1. The number of carbonyl (C=O) groups is 1. The smallest absolute Gasteiger partial charge is 0.256 e. The van der Waals surface area contributed by atoms with E-state index in [-0.39, 0.29) is 12.0 Å². The zero-order valence-corrected chi connectivity index (χ0v) is 14.8. The van der Waals surface area contributed by atoms with Crippen molar-refractivity contribution in [3.63, 3.8) is 0 Å². The second kappa shape index (κ2) is 7.14. The highest BCUT2D eigenvalue weighted by Gasteiger charge is 2.32. The molecule has 0 aliphatic carbocycles. The number of alkyl halides is 1. The molecule has 2 unspecified atom stereocenters. The van der Waals surface area contributed by atoms with Crippen LogP contribution in [0.4, 0.5) is 5.69 Å². The van der Waals surface area contributed by atoms with Gasteiger partial charge in [0, 0.05) is 23.7 Å². The third kappa shape index (κ3) is 3.38. The van der Waals surface area contributed by atoms with E-state index in [1.165, 1.54) is 24.0 Å². The van der Waals surface area contributed by atoms with Crippen molar-refractivity contribution in [1.29, 1.82) is 0 Å². The molecule has 3 rings (SSSR count). The molecular formula is C18H24BrNO2. The molecule has 1 fully saturated rings. The zero-order chi connectivity index (χ0) is 15.5. The molecule has 2 aliphatic rings. The summed E-state index contributed by atoms with van der Waals surface area (Å²) < 4.78 is 5.55. The van der Waals surface area contributed by atoms with Gasteiger partial charge in [-0.1, -0.05) is 41.4 Å². The van der Waals surface area contributed by atoms with Gasteiger partial charge in [0.05, 0.1) is 0 Å². The summed E-state index contributed by atoms with van der Waals surface area (Å²) >= 11 is 3.75. The molecule has 0 N–H and O–H groups in total. The van der Waals surface area contributed by atoms with Crippen molar-refractivity contribution in [3.8, 4) is 0 Å². The van der Waals surface area contributed by atoms with E-state index in [0.717, 1.165) is 44.5 Å². The summed E-state index contributed by atoms with van der Waals surface area (Å²) in [6.45, 7) is 3.73. The van der Waals surface area contributed by atoms with E-state index >= 15 is 0 Å². The number of rotatable bonds is 5. The highest BCUT2D eigenvalue weighted by molar-refractivity contribution is 9.09. The summed E-state index contributed by atoms with van der Waals surface area (Å²) in [6, 6.07) is 6.57. The molecular weight excluding hydrogens is 342 g/mol. The normalized spacial score (nSPS) is 21.9. The van der Waals surface area contributed by atoms with Gasteiger partial charge in [0.15, 0.2) is 0 Å². The van der Waals surface area contributed by atoms with E-state index in [1.54, 1.807) is 0 Å². The molecule has 22 heavy (non-hydrogen) atoms. The van der Waals surface area contributed by atoms with Crippen molar-refractivity contribution in [3.05, 3.63) is 29.3 Å². The van der Waals surface area contributed by atoms with Gasteiger partial charge in [0.25, 0.3) is 5.91 Å². The SMILES string of the molecule is CCCC(Br)Cc1ccc2c(c1)CCN2C(=O)C1CCCO1. The van der Waals surface area contributed by atoms with Crippen LogP contribution in [-0.4, -0.2) is 30.0 Å². The molecule has 4 heteroatoms. The van der Waals surface area contributed by atoms with Gasteiger partial charge in [-0.2, -0.15) is 0 Å². The van der Waals surface area contributed by atoms with Gasteiger partial charge in [-0.15, -0.1) is 0 Å². The number of nitrogens with zero attached hydrogens (tertiary/aromatic N) is 1. The molecule has 1 saturated heterocycles. The third-order valence-corrected chi connectivity index (χ3v) is 5.35. The fourth-order valence-corrected chi connectivity index (χ4v) is 4.26. The molecule has 2 heterocycles. The van der Waals surface area contributed by atoms with Crippen molar-refractivity contribution in [1.82, 2.24) is 0 Å². The van der Waals surface area contributed by atoms with E-state index in [4.69, 9.17) is 4.74 Å². The lowest BCUT2D eigenvalue weighted by atomic mass is 10.0. The standard InChI is InChI=1S/C18H24BrNO2/c1-2-4-15(19)12-13-6-7-16-14(11-13)8-9-20(16)18(21)17-5-3-10-22-17/h6-7,11,15,17H,2-5,8-10,12H2,1H3. The van der Waals surface area contributed by atoms with Crippen LogP contribution < -0.4 is 4.90 Å². The van der Waals surface area contributed by atoms with Crippen molar-refractivity contribution in [2.45, 2.75) is 56.4 Å². The summed E-state index contributed by atoms with van der Waals surface area (Å²) in [5.41, 5.74) is 3.76. The lowest BCUT2D eigenvalue weighted by Crippen LogP contribution is -2.37. The van der Waals surface area contributed by atoms with Crippen molar-refractivity contribution in [2.24, 2.45) is 0 Å². The van der Waals surface area contributed by atoms with Crippen molar-refractivity contribution < 1.29 is 9.53 Å². The maximum Gasteiger partial charge on any atom is 0.256 e. The highest BCUT2D eigenvalue weighted by atomic mass is 79.9. The van der Waals surface area contributed by atoms with E-state index < -0.39 is 0 Å². The first-order valence-electron chi connectivity index (χ1n) is 8.38. The van der Waals surface area contributed by atoms with Gasteiger partial charge in [-0.3, -0.25) is 4.79 Å². The minimum Gasteiger partial charge on any atom is -0.368 e. The summed E-state index contributed by atoms with van der Waals surface area (Å²) in [5, 5.41) is 0. The molecule has 0 spiro atoms. The molecule has 1 aromatic rings. The molecule has 0 aromatic heterocycles. The Balaban J connectivity index is 1.71. The molecule has 0 saturated carbocycles. The van der Waals surface area contributed by atoms with Gasteiger partial charge in [-0.25, -0.2) is 0 Å². The van der Waals surface area contributed by atoms with Crippen LogP contribution in [0.3, 0.4) is 0 Å². The van der Waals surface area contributed by atoms with Gasteiger partial charge < -0.3 is 9.64 Å². The molecule has 1 amide bonds. The van der Waals surface area contributed by atoms with Crippen LogP contribution in [0.2, 0.25) is 0 Å². The summed E-state index contributed by atoms with van der Waals surface area (Å²) in [7, 11) is 0. The Hall–Kier alpha value is -0.870. The van der Waals surface area contributed by atoms with Gasteiger partial charge in [0.2, 0.25) is 0 Å². The molecule has 0 bridgehead atoms. The first-order valence-corrected chi connectivity index (χ1v) is 9.29. The average molecular weight is 366 g/mol. The quantitative estimate of drug-likeness (QED) is 0.741. The molecule has 2 aliphatic heterocycles. The Kier molecular flexibility index (Phi) is 5.19. The first kappa shape index (κ1) is 16.0. The molecule has 2 atom stereocenters. The van der Waals surface area contributed by atoms with E-state index in [9.17, 15) is 4.79 Å². The van der Waals surface area contributed by atoms with Crippen molar-refractivity contribution >= 4 is 27.5 Å². The molecule has 1 aromatic carbocycles. The topological polar surface area (TPSA) is 29.5 Å². The minimum absolute atomic E-state index is 0.147. The van der Waals surface area contributed by atoms with Crippen LogP contribution in [-0.2, 0) is 22.4 Å². The Morgan fingerprint density at radius 2 is 2.36 bits per heavy atom. The number of carbonyl (C=O) groups excluding carboxylic acids is 1. The Labute approximate surface area is 141 Å². The van der Waals surface area contributed by atoms with Crippen LogP contribution in [0.5, 0.6) is 0 Å². The number of anilines is 1. The number of benzene rings is 1. The summed E-state index contributed by atoms with van der Waals surface area (Å²) in [5.74, 6) is 0.147. The Bertz CT molecular complexity index is 540. The third-order valence-electron chi connectivity index (χ3n) is 4.57. The zero-order valence-electron chi connectivity index (χ0n) is 13.2. The second-order valence-electron chi connectivity index (χ2n) is 6.29. The van der Waals surface area contributed by atoms with Crippen LogP contribution >= 0.6 is 15.9 Å². The molecule has 0 radical (unpaired) electrons. The Morgan fingerprint density at radius 3 is 3.09 bits per heavy atom. The monoisotopic (exact) mass is 365 g/mol. The average Bonchev–Trinajstić information content (AvgIpc) is 3.16. The van der Waals surface area contributed by atoms with Crippen LogP contribution in [0, 0.1) is 0 Å². The molecule has 3 nitrogen and oxygen atoms in total. The maximum atomic E-state index is 12.6. The summed E-state index contributed by atoms with van der Waals surface area (Å²) in [6.07, 6.45) is 6.06. The van der Waals surface area contributed by atoms with Crippen molar-refractivity contribution in [2.75, 3.05) is 18.1 Å². The predicted octanol–water partition coefficient (Wildman–Crippen LogP) is 3.86. The summed E-state index contributed by atoms with van der Waals surface area (Å²) in [4.78, 5) is 15.0. The lowest BCUT2D eigenvalue weighted by molar-refractivity contribution is -0.127. The largest absolute Gasteiger partial charge is 0.368 e. The maximum absolute atomic E-state index is 12.6. The van der Waals surface area contributed by atoms with Crippen LogP contribution in [0.1, 0.15) is 43.7 Å².